The van der Waals surface area contributed by atoms with Gasteiger partial charge in [0.05, 0.1) is 6.54 Å². The van der Waals surface area contributed by atoms with E-state index in [1.54, 1.807) is 19.2 Å². The van der Waals surface area contributed by atoms with Crippen molar-refractivity contribution in [3.05, 3.63) is 29.8 Å². The highest BCUT2D eigenvalue weighted by atomic mass is 16.3. The molecule has 3 N–H and O–H groups in total. The lowest BCUT2D eigenvalue weighted by atomic mass is 10.1. The van der Waals surface area contributed by atoms with Gasteiger partial charge in [-0.1, -0.05) is 12.1 Å². The van der Waals surface area contributed by atoms with Crippen LogP contribution >= 0.6 is 0 Å². The van der Waals surface area contributed by atoms with E-state index < -0.39 is 6.04 Å². The molecule has 0 aliphatic rings. The van der Waals surface area contributed by atoms with Crippen molar-refractivity contribution in [1.82, 2.24) is 10.6 Å². The van der Waals surface area contributed by atoms with Crippen molar-refractivity contribution in [3.8, 4) is 5.75 Å². The van der Waals surface area contributed by atoms with Crippen molar-refractivity contribution in [2.45, 2.75) is 13.0 Å². The SMILES string of the molecule is CNC(C(=O)NCC(C)=O)c1cccc(O)c1. The first-order valence-electron chi connectivity index (χ1n) is 5.28. The van der Waals surface area contributed by atoms with Gasteiger partial charge in [0.1, 0.15) is 17.6 Å². The van der Waals surface area contributed by atoms with Crippen LogP contribution < -0.4 is 10.6 Å². The summed E-state index contributed by atoms with van der Waals surface area (Å²) in [5, 5.41) is 14.7. The number of hydrogen-bond acceptors (Lipinski definition) is 4. The van der Waals surface area contributed by atoms with E-state index in [2.05, 4.69) is 10.6 Å². The Morgan fingerprint density at radius 1 is 1.41 bits per heavy atom. The van der Waals surface area contributed by atoms with Gasteiger partial charge in [0, 0.05) is 0 Å². The minimum Gasteiger partial charge on any atom is -0.508 e. The lowest BCUT2D eigenvalue weighted by Crippen LogP contribution is -2.38. The summed E-state index contributed by atoms with van der Waals surface area (Å²) in [6, 6.07) is 5.85. The molecule has 92 valence electrons. The molecule has 1 unspecified atom stereocenters. The van der Waals surface area contributed by atoms with E-state index in [4.69, 9.17) is 0 Å². The molecule has 17 heavy (non-hydrogen) atoms. The molecule has 1 aromatic carbocycles. The molecule has 1 amide bonds. The van der Waals surface area contributed by atoms with E-state index in [0.717, 1.165) is 0 Å². The molecule has 0 saturated carbocycles. The number of phenols is 1. The number of Topliss-reactive ketones (excluding diaryl/α,β-unsaturated/α-hetero) is 1. The lowest BCUT2D eigenvalue weighted by Gasteiger charge is -2.16. The number of benzene rings is 1. The fourth-order valence-electron chi connectivity index (χ4n) is 1.47. The van der Waals surface area contributed by atoms with Gasteiger partial charge in [-0.15, -0.1) is 0 Å². The molecule has 1 atom stereocenters. The second-order valence-electron chi connectivity index (χ2n) is 3.74. The van der Waals surface area contributed by atoms with E-state index >= 15 is 0 Å². The van der Waals surface area contributed by atoms with Crippen LogP contribution in [0, 0.1) is 0 Å². The summed E-state index contributed by atoms with van der Waals surface area (Å²) in [6.07, 6.45) is 0. The van der Waals surface area contributed by atoms with Gasteiger partial charge in [0.15, 0.2) is 0 Å². The number of aromatic hydroxyl groups is 1. The van der Waals surface area contributed by atoms with Crippen molar-refractivity contribution in [1.29, 1.82) is 0 Å². The summed E-state index contributed by atoms with van der Waals surface area (Å²) in [5.74, 6) is -0.306. The van der Waals surface area contributed by atoms with Crippen LogP contribution in [0.15, 0.2) is 24.3 Å². The molecule has 5 nitrogen and oxygen atoms in total. The fourth-order valence-corrected chi connectivity index (χ4v) is 1.47. The average Bonchev–Trinajstić information content (AvgIpc) is 2.27. The van der Waals surface area contributed by atoms with Crippen molar-refractivity contribution in [3.63, 3.8) is 0 Å². The van der Waals surface area contributed by atoms with Crippen LogP contribution in [-0.4, -0.2) is 30.4 Å². The molecule has 0 saturated heterocycles. The molecular weight excluding hydrogens is 220 g/mol. The maximum atomic E-state index is 11.8. The van der Waals surface area contributed by atoms with E-state index in [9.17, 15) is 14.7 Å². The Bertz CT molecular complexity index is 418. The third kappa shape index (κ3) is 3.88. The molecule has 0 bridgehead atoms. The Balaban J connectivity index is 2.77. The first kappa shape index (κ1) is 13.2. The second-order valence-corrected chi connectivity index (χ2v) is 3.74. The highest BCUT2D eigenvalue weighted by molar-refractivity contribution is 5.88. The molecule has 0 spiro atoms. The summed E-state index contributed by atoms with van der Waals surface area (Å²) < 4.78 is 0. The van der Waals surface area contributed by atoms with Crippen molar-refractivity contribution in [2.75, 3.05) is 13.6 Å². The number of likely N-dealkylation sites (N-methyl/N-ethyl adjacent to an activating group) is 1. The van der Waals surface area contributed by atoms with Crippen molar-refractivity contribution in [2.24, 2.45) is 0 Å². The van der Waals surface area contributed by atoms with Crippen LogP contribution in [0.25, 0.3) is 0 Å². The van der Waals surface area contributed by atoms with E-state index in [0.29, 0.717) is 5.56 Å². The molecule has 0 radical (unpaired) electrons. The first-order valence-corrected chi connectivity index (χ1v) is 5.28. The fraction of sp³-hybridized carbons (Fsp3) is 0.333. The molecule has 1 aromatic rings. The number of ketones is 1. The van der Waals surface area contributed by atoms with Gasteiger partial charge in [-0.25, -0.2) is 0 Å². The zero-order chi connectivity index (χ0) is 12.8. The topological polar surface area (TPSA) is 78.4 Å². The van der Waals surface area contributed by atoms with Crippen LogP contribution in [0.1, 0.15) is 18.5 Å². The molecular formula is C12H16N2O3. The normalized spacial score (nSPS) is 11.9. The molecule has 0 heterocycles. The third-order valence-corrected chi connectivity index (χ3v) is 2.27. The summed E-state index contributed by atoms with van der Waals surface area (Å²) >= 11 is 0. The van der Waals surface area contributed by atoms with Crippen molar-refractivity contribution >= 4 is 11.7 Å². The van der Waals surface area contributed by atoms with Gasteiger partial charge in [0.25, 0.3) is 0 Å². The quantitative estimate of drug-likeness (QED) is 0.689. The van der Waals surface area contributed by atoms with Gasteiger partial charge in [-0.05, 0) is 31.7 Å². The van der Waals surface area contributed by atoms with E-state index in [-0.39, 0.29) is 24.0 Å². The highest BCUT2D eigenvalue weighted by Gasteiger charge is 2.18. The Morgan fingerprint density at radius 2 is 2.12 bits per heavy atom. The predicted molar refractivity (Wildman–Crippen MR) is 63.6 cm³/mol. The summed E-state index contributed by atoms with van der Waals surface area (Å²) in [5.41, 5.74) is 0.647. The van der Waals surface area contributed by atoms with Gasteiger partial charge in [0.2, 0.25) is 5.91 Å². The molecule has 5 heteroatoms. The van der Waals surface area contributed by atoms with Gasteiger partial charge in [-0.2, -0.15) is 0 Å². The number of carbonyl (C=O) groups excluding carboxylic acids is 2. The van der Waals surface area contributed by atoms with Gasteiger partial charge < -0.3 is 15.7 Å². The van der Waals surface area contributed by atoms with Crippen LogP contribution in [0.5, 0.6) is 5.75 Å². The Labute approximate surface area is 99.8 Å². The number of rotatable bonds is 5. The molecule has 0 aromatic heterocycles. The standard InChI is InChI=1S/C12H16N2O3/c1-8(15)7-14-12(17)11(13-2)9-4-3-5-10(16)6-9/h3-6,11,13,16H,7H2,1-2H3,(H,14,17). The largest absolute Gasteiger partial charge is 0.508 e. The zero-order valence-corrected chi connectivity index (χ0v) is 9.86. The molecule has 0 aliphatic heterocycles. The van der Waals surface area contributed by atoms with Gasteiger partial charge in [-0.3, -0.25) is 9.59 Å². The summed E-state index contributed by atoms with van der Waals surface area (Å²) in [6.45, 7) is 1.42. The second kappa shape index (κ2) is 6.00. The number of carbonyl (C=O) groups is 2. The van der Waals surface area contributed by atoms with E-state index in [1.165, 1.54) is 19.1 Å². The highest BCUT2D eigenvalue weighted by Crippen LogP contribution is 2.17. The predicted octanol–water partition coefficient (Wildman–Crippen LogP) is 0.358. The maximum absolute atomic E-state index is 11.8. The number of amides is 1. The molecule has 0 fully saturated rings. The lowest BCUT2D eigenvalue weighted by molar-refractivity contribution is -0.126. The first-order chi connectivity index (χ1) is 8.04. The number of nitrogens with one attached hydrogen (secondary N) is 2. The molecule has 1 rings (SSSR count). The van der Waals surface area contributed by atoms with Gasteiger partial charge >= 0.3 is 0 Å². The molecule has 0 aliphatic carbocycles. The Kier molecular flexibility index (Phi) is 4.66. The number of hydrogen-bond donors (Lipinski definition) is 3. The van der Waals surface area contributed by atoms with Crippen LogP contribution in [0.4, 0.5) is 0 Å². The minimum atomic E-state index is -0.582. The summed E-state index contributed by atoms with van der Waals surface area (Å²) in [4.78, 5) is 22.6. The monoisotopic (exact) mass is 236 g/mol. The maximum Gasteiger partial charge on any atom is 0.242 e. The Hall–Kier alpha value is -1.88. The number of phenolic OH excluding ortho intramolecular Hbond substituents is 1. The summed E-state index contributed by atoms with van der Waals surface area (Å²) in [7, 11) is 1.64. The average molecular weight is 236 g/mol. The van der Waals surface area contributed by atoms with Crippen LogP contribution in [0.2, 0.25) is 0 Å². The van der Waals surface area contributed by atoms with Crippen molar-refractivity contribution < 1.29 is 14.7 Å². The smallest absolute Gasteiger partial charge is 0.242 e. The van der Waals surface area contributed by atoms with Crippen LogP contribution in [0.3, 0.4) is 0 Å². The van der Waals surface area contributed by atoms with Crippen LogP contribution in [-0.2, 0) is 9.59 Å². The minimum absolute atomic E-state index is 0.00975. The van der Waals surface area contributed by atoms with E-state index in [1.807, 2.05) is 0 Å². The zero-order valence-electron chi connectivity index (χ0n) is 9.86. The Morgan fingerprint density at radius 3 is 2.65 bits per heavy atom. The third-order valence-electron chi connectivity index (χ3n) is 2.27.